The standard InChI is InChI=1S/C26H32N2O4/c1-4-27(5-2)22-14-10-21(11-15-22)19-24-25(29)28(26(30)32-24)18-8-7-9-20-12-16-23(17-13-20)31-6-3/h10-17,19H,4-9,18H2,1-3H3/b24-19+. The van der Waals surface area contributed by atoms with Gasteiger partial charge in [0, 0.05) is 25.3 Å². The Kier molecular flexibility index (Phi) is 8.31. The number of aryl methyl sites for hydroxylation is 1. The van der Waals surface area contributed by atoms with E-state index in [0.717, 1.165) is 49.4 Å². The molecule has 2 aromatic carbocycles. The first-order chi connectivity index (χ1) is 15.5. The van der Waals surface area contributed by atoms with Crippen molar-refractivity contribution in [3.05, 3.63) is 65.4 Å². The van der Waals surface area contributed by atoms with E-state index in [1.165, 1.54) is 10.5 Å². The minimum atomic E-state index is -0.595. The Morgan fingerprint density at radius 3 is 2.25 bits per heavy atom. The van der Waals surface area contributed by atoms with Crippen LogP contribution in [0.4, 0.5) is 10.5 Å². The van der Waals surface area contributed by atoms with E-state index in [0.29, 0.717) is 13.2 Å². The first-order valence-corrected chi connectivity index (χ1v) is 11.4. The lowest BCUT2D eigenvalue weighted by Crippen LogP contribution is -2.29. The van der Waals surface area contributed by atoms with Crippen LogP contribution in [0, 0.1) is 0 Å². The van der Waals surface area contributed by atoms with E-state index in [9.17, 15) is 9.59 Å². The predicted molar refractivity (Wildman–Crippen MR) is 127 cm³/mol. The van der Waals surface area contributed by atoms with Crippen molar-refractivity contribution in [3.8, 4) is 5.75 Å². The first-order valence-electron chi connectivity index (χ1n) is 11.4. The summed E-state index contributed by atoms with van der Waals surface area (Å²) < 4.78 is 10.7. The van der Waals surface area contributed by atoms with Crippen LogP contribution >= 0.6 is 0 Å². The second-order valence-electron chi connectivity index (χ2n) is 7.63. The van der Waals surface area contributed by atoms with E-state index in [1.54, 1.807) is 6.08 Å². The maximum absolute atomic E-state index is 12.6. The third-order valence-corrected chi connectivity index (χ3v) is 5.52. The number of carbonyl (C=O) groups is 2. The molecule has 0 aliphatic carbocycles. The van der Waals surface area contributed by atoms with Gasteiger partial charge in [0.05, 0.1) is 6.61 Å². The molecule has 0 unspecified atom stereocenters. The molecular weight excluding hydrogens is 404 g/mol. The largest absolute Gasteiger partial charge is 0.494 e. The van der Waals surface area contributed by atoms with Gasteiger partial charge in [-0.1, -0.05) is 24.3 Å². The highest BCUT2D eigenvalue weighted by Gasteiger charge is 2.35. The van der Waals surface area contributed by atoms with Crippen LogP contribution < -0.4 is 9.64 Å². The predicted octanol–water partition coefficient (Wildman–Crippen LogP) is 5.27. The molecule has 0 aromatic heterocycles. The zero-order valence-electron chi connectivity index (χ0n) is 19.2. The molecule has 170 valence electrons. The minimum absolute atomic E-state index is 0.0807. The summed E-state index contributed by atoms with van der Waals surface area (Å²) in [5, 5.41) is 0. The fourth-order valence-corrected chi connectivity index (χ4v) is 3.73. The molecule has 0 bridgehead atoms. The number of benzene rings is 2. The van der Waals surface area contributed by atoms with E-state index in [2.05, 4.69) is 18.7 Å². The number of anilines is 1. The molecule has 0 spiro atoms. The fourth-order valence-electron chi connectivity index (χ4n) is 3.73. The number of unbranched alkanes of at least 4 members (excludes halogenated alkanes) is 1. The molecule has 1 heterocycles. The first kappa shape index (κ1) is 23.4. The van der Waals surface area contributed by atoms with Crippen LogP contribution in [-0.4, -0.2) is 43.1 Å². The van der Waals surface area contributed by atoms with Crippen LogP contribution in [-0.2, 0) is 16.0 Å². The van der Waals surface area contributed by atoms with Crippen LogP contribution in [0.2, 0.25) is 0 Å². The number of carbonyl (C=O) groups excluding carboxylic acids is 2. The Morgan fingerprint density at radius 1 is 0.938 bits per heavy atom. The second-order valence-corrected chi connectivity index (χ2v) is 7.63. The molecule has 0 radical (unpaired) electrons. The van der Waals surface area contributed by atoms with Gasteiger partial charge < -0.3 is 14.4 Å². The minimum Gasteiger partial charge on any atom is -0.494 e. The maximum atomic E-state index is 12.6. The van der Waals surface area contributed by atoms with Crippen molar-refractivity contribution in [2.24, 2.45) is 0 Å². The van der Waals surface area contributed by atoms with Crippen molar-refractivity contribution in [3.63, 3.8) is 0 Å². The lowest BCUT2D eigenvalue weighted by atomic mass is 10.1. The molecule has 0 atom stereocenters. The van der Waals surface area contributed by atoms with E-state index >= 15 is 0 Å². The summed E-state index contributed by atoms with van der Waals surface area (Å²) in [5.74, 6) is 0.574. The van der Waals surface area contributed by atoms with Crippen LogP contribution in [0.15, 0.2) is 54.3 Å². The van der Waals surface area contributed by atoms with Gasteiger partial charge in [-0.05, 0) is 81.5 Å². The van der Waals surface area contributed by atoms with Crippen LogP contribution in [0.5, 0.6) is 5.75 Å². The summed E-state index contributed by atoms with van der Waals surface area (Å²) in [5.41, 5.74) is 3.16. The zero-order chi connectivity index (χ0) is 22.9. The topological polar surface area (TPSA) is 59.1 Å². The number of rotatable bonds is 11. The van der Waals surface area contributed by atoms with Gasteiger partial charge in [0.2, 0.25) is 0 Å². The maximum Gasteiger partial charge on any atom is 0.422 e. The second kappa shape index (κ2) is 11.4. The Balaban J connectivity index is 1.51. The molecule has 1 saturated heterocycles. The molecule has 32 heavy (non-hydrogen) atoms. The molecule has 2 amide bonds. The van der Waals surface area contributed by atoms with Crippen molar-refractivity contribution in [1.82, 2.24) is 4.90 Å². The van der Waals surface area contributed by atoms with Crippen LogP contribution in [0.25, 0.3) is 6.08 Å². The third-order valence-electron chi connectivity index (χ3n) is 5.52. The average molecular weight is 437 g/mol. The smallest absolute Gasteiger partial charge is 0.422 e. The molecule has 2 aromatic rings. The summed E-state index contributed by atoms with van der Waals surface area (Å²) in [4.78, 5) is 28.3. The van der Waals surface area contributed by atoms with Gasteiger partial charge in [-0.25, -0.2) is 9.69 Å². The number of amides is 2. The van der Waals surface area contributed by atoms with Crippen molar-refractivity contribution in [2.75, 3.05) is 31.1 Å². The van der Waals surface area contributed by atoms with Gasteiger partial charge >= 0.3 is 6.09 Å². The summed E-state index contributed by atoms with van der Waals surface area (Å²) >= 11 is 0. The number of nitrogens with zero attached hydrogens (tertiary/aromatic N) is 2. The zero-order valence-corrected chi connectivity index (χ0v) is 19.2. The van der Waals surface area contributed by atoms with E-state index < -0.39 is 6.09 Å². The molecule has 3 rings (SSSR count). The van der Waals surface area contributed by atoms with Crippen molar-refractivity contribution in [2.45, 2.75) is 40.0 Å². The van der Waals surface area contributed by atoms with Crippen LogP contribution in [0.1, 0.15) is 44.7 Å². The highest BCUT2D eigenvalue weighted by molar-refractivity contribution is 6.09. The van der Waals surface area contributed by atoms with Gasteiger partial charge in [0.15, 0.2) is 5.76 Å². The number of hydrogen-bond donors (Lipinski definition) is 0. The Morgan fingerprint density at radius 2 is 1.62 bits per heavy atom. The number of cyclic esters (lactones) is 1. The summed E-state index contributed by atoms with van der Waals surface area (Å²) in [7, 11) is 0. The van der Waals surface area contributed by atoms with Crippen LogP contribution in [0.3, 0.4) is 0 Å². The Hall–Kier alpha value is -3.28. The fraction of sp³-hybridized carbons (Fsp3) is 0.385. The summed E-state index contributed by atoms with van der Waals surface area (Å²) in [6, 6.07) is 15.9. The molecule has 0 N–H and O–H groups in total. The lowest BCUT2D eigenvalue weighted by Gasteiger charge is -2.20. The Labute approximate surface area is 190 Å². The van der Waals surface area contributed by atoms with Crippen molar-refractivity contribution in [1.29, 1.82) is 0 Å². The molecule has 6 nitrogen and oxygen atoms in total. The van der Waals surface area contributed by atoms with E-state index in [-0.39, 0.29) is 11.7 Å². The SMILES string of the molecule is CCOc1ccc(CCCCN2C(=O)O/C(=C/c3ccc(N(CC)CC)cc3)C2=O)cc1. The molecule has 0 saturated carbocycles. The van der Waals surface area contributed by atoms with Gasteiger partial charge in [0.1, 0.15) is 5.75 Å². The quantitative estimate of drug-likeness (QED) is 0.355. The highest BCUT2D eigenvalue weighted by Crippen LogP contribution is 2.22. The molecule has 6 heteroatoms. The van der Waals surface area contributed by atoms with Gasteiger partial charge in [-0.2, -0.15) is 0 Å². The summed E-state index contributed by atoms with van der Waals surface area (Å²) in [6.07, 6.45) is 3.51. The number of ether oxygens (including phenoxy) is 2. The monoisotopic (exact) mass is 436 g/mol. The van der Waals surface area contributed by atoms with Gasteiger partial charge in [-0.3, -0.25) is 4.79 Å². The molecule has 1 fully saturated rings. The van der Waals surface area contributed by atoms with E-state index in [1.807, 2.05) is 55.5 Å². The van der Waals surface area contributed by atoms with E-state index in [4.69, 9.17) is 9.47 Å². The van der Waals surface area contributed by atoms with Gasteiger partial charge in [-0.15, -0.1) is 0 Å². The number of hydrogen-bond acceptors (Lipinski definition) is 5. The van der Waals surface area contributed by atoms with Crippen molar-refractivity contribution >= 4 is 23.8 Å². The Bertz CT molecular complexity index is 931. The summed E-state index contributed by atoms with van der Waals surface area (Å²) in [6.45, 7) is 9.05. The molecular formula is C26H32N2O4. The third kappa shape index (κ3) is 5.90. The van der Waals surface area contributed by atoms with Gasteiger partial charge in [0.25, 0.3) is 5.91 Å². The molecule has 1 aliphatic rings. The van der Waals surface area contributed by atoms with Crippen molar-refractivity contribution < 1.29 is 19.1 Å². The molecule has 1 aliphatic heterocycles. The normalized spacial score (nSPS) is 14.7. The highest BCUT2D eigenvalue weighted by atomic mass is 16.6. The number of imide groups is 1. The lowest BCUT2D eigenvalue weighted by molar-refractivity contribution is -0.123. The average Bonchev–Trinajstić information content (AvgIpc) is 3.07.